The van der Waals surface area contributed by atoms with Gasteiger partial charge in [-0.1, -0.05) is 55.3 Å². The molecule has 0 aliphatic carbocycles. The van der Waals surface area contributed by atoms with Crippen molar-refractivity contribution < 1.29 is 9.59 Å². The van der Waals surface area contributed by atoms with Crippen LogP contribution in [0.4, 0.5) is 0 Å². The van der Waals surface area contributed by atoms with E-state index < -0.39 is 6.04 Å². The van der Waals surface area contributed by atoms with Gasteiger partial charge in [-0.15, -0.1) is 0 Å². The summed E-state index contributed by atoms with van der Waals surface area (Å²) in [6.07, 6.45) is 1.57. The Balaban J connectivity index is 1.99. The van der Waals surface area contributed by atoms with Crippen molar-refractivity contribution in [2.45, 2.75) is 26.8 Å². The second-order valence-electron chi connectivity index (χ2n) is 6.35. The van der Waals surface area contributed by atoms with E-state index in [1.54, 1.807) is 30.5 Å². The van der Waals surface area contributed by atoms with E-state index in [1.165, 1.54) is 0 Å². The molecule has 0 saturated heterocycles. The molecule has 2 rings (SSSR count). The highest BCUT2D eigenvalue weighted by atomic mass is 35.5. The van der Waals surface area contributed by atoms with Gasteiger partial charge >= 0.3 is 0 Å². The summed E-state index contributed by atoms with van der Waals surface area (Å²) in [5.74, 6) is -0.801. The number of amides is 2. The average molecular weight is 372 g/mol. The smallest absolute Gasteiger partial charge is 0.262 e. The van der Waals surface area contributed by atoms with Crippen molar-refractivity contribution in [2.75, 3.05) is 0 Å². The first-order chi connectivity index (χ1) is 12.4. The van der Waals surface area contributed by atoms with Crippen molar-refractivity contribution in [1.29, 1.82) is 0 Å². The third-order valence-electron chi connectivity index (χ3n) is 3.81. The summed E-state index contributed by atoms with van der Waals surface area (Å²) in [7, 11) is 0. The van der Waals surface area contributed by atoms with Crippen LogP contribution in [0.1, 0.15) is 35.3 Å². The Labute approximate surface area is 158 Å². The molecule has 1 unspecified atom stereocenters. The van der Waals surface area contributed by atoms with E-state index in [2.05, 4.69) is 15.8 Å². The molecular formula is C20H22ClN3O2. The monoisotopic (exact) mass is 371 g/mol. The Kier molecular flexibility index (Phi) is 6.92. The van der Waals surface area contributed by atoms with Gasteiger partial charge in [0.2, 0.25) is 0 Å². The van der Waals surface area contributed by atoms with Gasteiger partial charge in [0, 0.05) is 10.6 Å². The minimum atomic E-state index is -0.701. The van der Waals surface area contributed by atoms with Gasteiger partial charge in [-0.05, 0) is 42.7 Å². The van der Waals surface area contributed by atoms with Gasteiger partial charge in [-0.25, -0.2) is 5.43 Å². The van der Waals surface area contributed by atoms with Crippen LogP contribution in [0, 0.1) is 12.8 Å². The molecule has 2 aromatic rings. The summed E-state index contributed by atoms with van der Waals surface area (Å²) < 4.78 is 0. The van der Waals surface area contributed by atoms with Crippen LogP contribution in [-0.4, -0.2) is 24.1 Å². The summed E-state index contributed by atoms with van der Waals surface area (Å²) in [5.41, 5.74) is 4.95. The fourth-order valence-corrected chi connectivity index (χ4v) is 2.38. The highest BCUT2D eigenvalue weighted by Crippen LogP contribution is 2.10. The van der Waals surface area contributed by atoms with E-state index >= 15 is 0 Å². The Morgan fingerprint density at radius 3 is 2.23 bits per heavy atom. The Bertz CT molecular complexity index is 784. The summed E-state index contributed by atoms with van der Waals surface area (Å²) >= 11 is 5.83. The maximum atomic E-state index is 12.4. The minimum Gasteiger partial charge on any atom is -0.340 e. The van der Waals surface area contributed by atoms with Crippen LogP contribution >= 0.6 is 11.6 Å². The predicted octanol–water partition coefficient (Wildman–Crippen LogP) is 3.55. The van der Waals surface area contributed by atoms with Crippen LogP contribution in [0.5, 0.6) is 0 Å². The van der Waals surface area contributed by atoms with E-state index in [9.17, 15) is 9.59 Å². The first kappa shape index (κ1) is 19.7. The van der Waals surface area contributed by atoms with Gasteiger partial charge in [0.1, 0.15) is 6.04 Å². The molecule has 5 nitrogen and oxygen atoms in total. The number of halogens is 1. The van der Waals surface area contributed by atoms with Crippen LogP contribution in [0.15, 0.2) is 53.6 Å². The molecule has 2 aromatic carbocycles. The molecule has 2 N–H and O–H groups in total. The van der Waals surface area contributed by atoms with E-state index in [1.807, 2.05) is 45.0 Å². The summed E-state index contributed by atoms with van der Waals surface area (Å²) in [4.78, 5) is 24.7. The second kappa shape index (κ2) is 9.15. The minimum absolute atomic E-state index is 0.0965. The van der Waals surface area contributed by atoms with Gasteiger partial charge in [0.15, 0.2) is 0 Å². The number of carbonyl (C=O) groups excluding carboxylic acids is 2. The molecular weight excluding hydrogens is 350 g/mol. The fourth-order valence-electron chi connectivity index (χ4n) is 2.25. The molecule has 0 spiro atoms. The van der Waals surface area contributed by atoms with Crippen LogP contribution in [-0.2, 0) is 4.79 Å². The van der Waals surface area contributed by atoms with Gasteiger partial charge in [-0.2, -0.15) is 5.10 Å². The lowest BCUT2D eigenvalue weighted by Crippen LogP contribution is -2.48. The lowest BCUT2D eigenvalue weighted by atomic mass is 10.0. The summed E-state index contributed by atoms with van der Waals surface area (Å²) in [6.45, 7) is 5.71. The van der Waals surface area contributed by atoms with Crippen molar-refractivity contribution in [2.24, 2.45) is 11.0 Å². The third-order valence-corrected chi connectivity index (χ3v) is 4.06. The Morgan fingerprint density at radius 2 is 1.65 bits per heavy atom. The molecule has 1 atom stereocenters. The number of hydrogen-bond acceptors (Lipinski definition) is 3. The van der Waals surface area contributed by atoms with Crippen LogP contribution < -0.4 is 10.7 Å². The van der Waals surface area contributed by atoms with Crippen molar-refractivity contribution in [3.63, 3.8) is 0 Å². The number of nitrogens with zero attached hydrogens (tertiary/aromatic N) is 1. The molecule has 0 aliphatic heterocycles. The number of rotatable bonds is 6. The molecule has 2 amide bonds. The molecule has 26 heavy (non-hydrogen) atoms. The molecule has 0 saturated carbocycles. The summed E-state index contributed by atoms with van der Waals surface area (Å²) in [5, 5.41) is 7.26. The molecule has 0 fully saturated rings. The Hall–Kier alpha value is -2.66. The van der Waals surface area contributed by atoms with Gasteiger partial charge in [0.25, 0.3) is 11.8 Å². The van der Waals surface area contributed by atoms with Crippen LogP contribution in [0.2, 0.25) is 5.02 Å². The van der Waals surface area contributed by atoms with E-state index in [0.717, 1.165) is 11.1 Å². The second-order valence-corrected chi connectivity index (χ2v) is 6.78. The van der Waals surface area contributed by atoms with Crippen LogP contribution in [0.25, 0.3) is 0 Å². The lowest BCUT2D eigenvalue weighted by Gasteiger charge is -2.20. The number of aryl methyl sites for hydroxylation is 1. The van der Waals surface area contributed by atoms with Crippen molar-refractivity contribution in [3.8, 4) is 0 Å². The fraction of sp³-hybridized carbons (Fsp3) is 0.250. The topological polar surface area (TPSA) is 70.6 Å². The normalized spacial score (nSPS) is 12.2. The van der Waals surface area contributed by atoms with E-state index in [4.69, 9.17) is 11.6 Å². The molecule has 0 aliphatic rings. The lowest BCUT2D eigenvalue weighted by molar-refractivity contribution is -0.123. The van der Waals surface area contributed by atoms with Gasteiger partial charge in [-0.3, -0.25) is 9.59 Å². The maximum Gasteiger partial charge on any atom is 0.262 e. The number of hydrazone groups is 1. The van der Waals surface area contributed by atoms with Gasteiger partial charge in [0.05, 0.1) is 6.21 Å². The number of nitrogens with one attached hydrogen (secondary N) is 2. The quantitative estimate of drug-likeness (QED) is 0.602. The van der Waals surface area contributed by atoms with Crippen molar-refractivity contribution in [1.82, 2.24) is 10.7 Å². The highest BCUT2D eigenvalue weighted by molar-refractivity contribution is 6.30. The average Bonchev–Trinajstić information content (AvgIpc) is 2.61. The number of benzene rings is 2. The molecule has 0 bridgehead atoms. The Morgan fingerprint density at radius 1 is 1.04 bits per heavy atom. The first-order valence-electron chi connectivity index (χ1n) is 8.33. The molecule has 6 heteroatoms. The SMILES string of the molecule is Cc1ccc(C=NNC(=O)C(NC(=O)c2ccc(Cl)cc2)C(C)C)cc1. The highest BCUT2D eigenvalue weighted by Gasteiger charge is 2.24. The third kappa shape index (κ3) is 5.70. The van der Waals surface area contributed by atoms with E-state index in [-0.39, 0.29) is 17.7 Å². The molecule has 0 aromatic heterocycles. The number of carbonyl (C=O) groups is 2. The summed E-state index contributed by atoms with van der Waals surface area (Å²) in [6, 6.07) is 13.5. The zero-order valence-electron chi connectivity index (χ0n) is 15.0. The zero-order valence-corrected chi connectivity index (χ0v) is 15.7. The van der Waals surface area contributed by atoms with E-state index in [0.29, 0.717) is 10.6 Å². The predicted molar refractivity (Wildman–Crippen MR) is 104 cm³/mol. The maximum absolute atomic E-state index is 12.4. The first-order valence-corrected chi connectivity index (χ1v) is 8.70. The molecule has 0 heterocycles. The largest absolute Gasteiger partial charge is 0.340 e. The molecule has 136 valence electrons. The van der Waals surface area contributed by atoms with Gasteiger partial charge < -0.3 is 5.32 Å². The zero-order chi connectivity index (χ0) is 19.1. The molecule has 0 radical (unpaired) electrons. The standard InChI is InChI=1S/C20H22ClN3O2/c1-13(2)18(23-19(25)16-8-10-17(21)11-9-16)20(26)24-22-12-15-6-4-14(3)5-7-15/h4-13,18H,1-3H3,(H,23,25)(H,24,26). The van der Waals surface area contributed by atoms with Crippen molar-refractivity contribution >= 4 is 29.6 Å². The van der Waals surface area contributed by atoms with Crippen molar-refractivity contribution in [3.05, 3.63) is 70.2 Å². The number of hydrogen-bond donors (Lipinski definition) is 2. The van der Waals surface area contributed by atoms with Crippen LogP contribution in [0.3, 0.4) is 0 Å².